The highest BCUT2D eigenvalue weighted by Gasteiger charge is 2.56. The monoisotopic (exact) mass is 250 g/mol. The van der Waals surface area contributed by atoms with Crippen LogP contribution in [0.4, 0.5) is 0 Å². The van der Waals surface area contributed by atoms with Crippen LogP contribution in [-0.2, 0) is 4.74 Å². The van der Waals surface area contributed by atoms with E-state index in [1.54, 1.807) is 0 Å². The molecule has 3 rings (SSSR count). The number of hydrogen-bond donors (Lipinski definition) is 0. The summed E-state index contributed by atoms with van der Waals surface area (Å²) >= 11 is 2.59. The maximum atomic E-state index is 5.74. The van der Waals surface area contributed by atoms with Crippen LogP contribution in [0.5, 0.6) is 0 Å². The molecular formula is C8H11IO. The average molecular weight is 250 g/mol. The zero-order valence-electron chi connectivity index (χ0n) is 5.79. The van der Waals surface area contributed by atoms with Crippen molar-refractivity contribution in [2.75, 3.05) is 6.61 Å². The van der Waals surface area contributed by atoms with E-state index in [2.05, 4.69) is 22.6 Å². The lowest BCUT2D eigenvalue weighted by Crippen LogP contribution is -2.26. The van der Waals surface area contributed by atoms with E-state index in [-0.39, 0.29) is 0 Å². The normalized spacial score (nSPS) is 63.9. The van der Waals surface area contributed by atoms with Crippen molar-refractivity contribution in [2.24, 2.45) is 17.8 Å². The highest BCUT2D eigenvalue weighted by atomic mass is 127. The third kappa shape index (κ3) is 0.583. The highest BCUT2D eigenvalue weighted by molar-refractivity contribution is 14.1. The van der Waals surface area contributed by atoms with Crippen LogP contribution in [-0.4, -0.2) is 16.6 Å². The van der Waals surface area contributed by atoms with Gasteiger partial charge in [-0.25, -0.2) is 0 Å². The molecule has 0 aromatic carbocycles. The number of fused-ring (bicyclic) bond motifs is 1. The van der Waals surface area contributed by atoms with Gasteiger partial charge in [-0.1, -0.05) is 22.6 Å². The maximum Gasteiger partial charge on any atom is 0.0727 e. The Morgan fingerprint density at radius 1 is 1.20 bits per heavy atom. The Balaban J connectivity index is 2.00. The van der Waals surface area contributed by atoms with Crippen molar-refractivity contribution in [1.82, 2.24) is 0 Å². The van der Waals surface area contributed by atoms with Crippen LogP contribution in [0.25, 0.3) is 0 Å². The SMILES string of the molecule is IC1[C@@H]2C[C@@H]3CO[C@H]1[C@@H]3C2. The Kier molecular flexibility index (Phi) is 1.18. The quantitative estimate of drug-likeness (QED) is 0.471. The zero-order chi connectivity index (χ0) is 6.72. The molecule has 3 fully saturated rings. The van der Waals surface area contributed by atoms with Crippen LogP contribution in [0.3, 0.4) is 0 Å². The van der Waals surface area contributed by atoms with Gasteiger partial charge in [-0.3, -0.25) is 0 Å². The molecule has 1 nitrogen and oxygen atoms in total. The Morgan fingerprint density at radius 3 is 2.80 bits per heavy atom. The second kappa shape index (κ2) is 1.89. The minimum Gasteiger partial charge on any atom is -0.377 e. The summed E-state index contributed by atoms with van der Waals surface area (Å²) in [7, 11) is 0. The van der Waals surface area contributed by atoms with Crippen LogP contribution in [0, 0.1) is 17.8 Å². The lowest BCUT2D eigenvalue weighted by Gasteiger charge is -2.20. The van der Waals surface area contributed by atoms with Crippen molar-refractivity contribution in [1.29, 1.82) is 0 Å². The van der Waals surface area contributed by atoms with E-state index in [1.807, 2.05) is 0 Å². The summed E-state index contributed by atoms with van der Waals surface area (Å²) < 4.78 is 6.58. The average Bonchev–Trinajstić information content (AvgIpc) is 2.43. The van der Waals surface area contributed by atoms with E-state index in [0.717, 1.165) is 28.3 Å². The van der Waals surface area contributed by atoms with Crippen LogP contribution >= 0.6 is 22.6 Å². The fourth-order valence-corrected chi connectivity index (χ4v) is 4.34. The molecule has 0 aromatic heterocycles. The zero-order valence-corrected chi connectivity index (χ0v) is 7.95. The lowest BCUT2D eigenvalue weighted by atomic mass is 9.90. The molecule has 2 aliphatic carbocycles. The Labute approximate surface area is 74.7 Å². The van der Waals surface area contributed by atoms with Gasteiger partial charge in [0.15, 0.2) is 0 Å². The number of halogens is 1. The minimum absolute atomic E-state index is 0.657. The van der Waals surface area contributed by atoms with Gasteiger partial charge in [-0.15, -0.1) is 0 Å². The summed E-state index contributed by atoms with van der Waals surface area (Å²) in [5.74, 6) is 2.94. The molecule has 5 atom stereocenters. The van der Waals surface area contributed by atoms with Crippen molar-refractivity contribution >= 4 is 22.6 Å². The third-order valence-electron chi connectivity index (χ3n) is 3.47. The first-order valence-corrected chi connectivity index (χ1v) is 5.36. The summed E-state index contributed by atoms with van der Waals surface area (Å²) in [6.07, 6.45) is 3.60. The largest absolute Gasteiger partial charge is 0.377 e. The summed E-state index contributed by atoms with van der Waals surface area (Å²) in [5, 5.41) is 0. The van der Waals surface area contributed by atoms with Crippen molar-refractivity contribution in [2.45, 2.75) is 22.9 Å². The second-order valence-corrected chi connectivity index (χ2v) is 5.34. The molecule has 3 aliphatic rings. The summed E-state index contributed by atoms with van der Waals surface area (Å²) in [5.41, 5.74) is 0. The fraction of sp³-hybridized carbons (Fsp3) is 1.00. The number of ether oxygens (including phenoxy) is 1. The first-order valence-electron chi connectivity index (χ1n) is 4.12. The molecule has 1 unspecified atom stereocenters. The van der Waals surface area contributed by atoms with Gasteiger partial charge in [0.05, 0.1) is 12.7 Å². The molecule has 56 valence electrons. The predicted molar refractivity (Wildman–Crippen MR) is 47.3 cm³/mol. The molecule has 2 heteroatoms. The summed E-state index contributed by atoms with van der Waals surface area (Å²) in [6, 6.07) is 0. The van der Waals surface area contributed by atoms with Crippen molar-refractivity contribution in [3.8, 4) is 0 Å². The molecule has 0 amide bonds. The van der Waals surface area contributed by atoms with Crippen molar-refractivity contribution in [3.63, 3.8) is 0 Å². The molecule has 2 bridgehead atoms. The molecule has 0 aromatic rings. The molecule has 1 saturated heterocycles. The van der Waals surface area contributed by atoms with Gasteiger partial charge in [-0.2, -0.15) is 0 Å². The first kappa shape index (κ1) is 6.23. The first-order chi connectivity index (χ1) is 4.86. The van der Waals surface area contributed by atoms with Crippen LogP contribution < -0.4 is 0 Å². The fourth-order valence-electron chi connectivity index (χ4n) is 3.01. The topological polar surface area (TPSA) is 9.23 Å². The van der Waals surface area contributed by atoms with Crippen LogP contribution in [0.2, 0.25) is 0 Å². The van der Waals surface area contributed by atoms with Crippen molar-refractivity contribution < 1.29 is 4.74 Å². The smallest absolute Gasteiger partial charge is 0.0727 e. The molecule has 10 heavy (non-hydrogen) atoms. The molecule has 0 N–H and O–H groups in total. The molecule has 2 saturated carbocycles. The standard InChI is InChI=1S/C8H11IO/c9-7-4-1-5-3-10-8(7)6(5)2-4/h4-8H,1-3H2/t4-,5-,6-,7?,8+/m1/s1. The number of rotatable bonds is 0. The van der Waals surface area contributed by atoms with Crippen LogP contribution in [0.1, 0.15) is 12.8 Å². The maximum absolute atomic E-state index is 5.74. The Bertz CT molecular complexity index is 169. The molecule has 0 radical (unpaired) electrons. The lowest BCUT2D eigenvalue weighted by molar-refractivity contribution is 0.109. The molecule has 0 spiro atoms. The van der Waals surface area contributed by atoms with Gasteiger partial charge in [0.1, 0.15) is 0 Å². The van der Waals surface area contributed by atoms with E-state index < -0.39 is 0 Å². The Hall–Kier alpha value is 0.690. The van der Waals surface area contributed by atoms with Crippen molar-refractivity contribution in [3.05, 3.63) is 0 Å². The van der Waals surface area contributed by atoms with Crippen LogP contribution in [0.15, 0.2) is 0 Å². The van der Waals surface area contributed by atoms with E-state index in [1.165, 1.54) is 12.8 Å². The van der Waals surface area contributed by atoms with E-state index in [4.69, 9.17) is 4.74 Å². The Morgan fingerprint density at radius 2 is 2.10 bits per heavy atom. The highest BCUT2D eigenvalue weighted by Crippen LogP contribution is 2.56. The molecule has 1 heterocycles. The van der Waals surface area contributed by atoms with Gasteiger partial charge in [0.2, 0.25) is 0 Å². The molecule has 1 aliphatic heterocycles. The van der Waals surface area contributed by atoms with Gasteiger partial charge >= 0.3 is 0 Å². The summed E-state index contributed by atoms with van der Waals surface area (Å²) in [6.45, 7) is 1.07. The van der Waals surface area contributed by atoms with Gasteiger partial charge in [-0.05, 0) is 30.6 Å². The van der Waals surface area contributed by atoms with E-state index >= 15 is 0 Å². The predicted octanol–water partition coefficient (Wildman–Crippen LogP) is 1.84. The third-order valence-corrected chi connectivity index (χ3v) is 5.20. The number of hydrogen-bond acceptors (Lipinski definition) is 1. The number of alkyl halides is 1. The molecular weight excluding hydrogens is 239 g/mol. The second-order valence-electron chi connectivity index (χ2n) is 3.90. The van der Waals surface area contributed by atoms with Gasteiger partial charge in [0, 0.05) is 3.92 Å². The van der Waals surface area contributed by atoms with E-state index in [9.17, 15) is 0 Å². The summed E-state index contributed by atoms with van der Waals surface area (Å²) in [4.78, 5) is 0. The van der Waals surface area contributed by atoms with Gasteiger partial charge < -0.3 is 4.74 Å². The minimum atomic E-state index is 0.657. The van der Waals surface area contributed by atoms with E-state index in [0.29, 0.717) is 6.10 Å². The van der Waals surface area contributed by atoms with Gasteiger partial charge in [0.25, 0.3) is 0 Å².